The van der Waals surface area contributed by atoms with Gasteiger partial charge in [0.2, 0.25) is 0 Å². The largest absolute Gasteiger partial charge is 0.449 e. The molecule has 2 atom stereocenters. The molecule has 2 rings (SSSR count). The number of ether oxygens (including phenoxy) is 2. The Morgan fingerprint density at radius 2 is 1.63 bits per heavy atom. The molecule has 0 saturated heterocycles. The molecule has 0 aliphatic heterocycles. The van der Waals surface area contributed by atoms with Crippen LogP contribution in [0.25, 0.3) is 0 Å². The fraction of sp³-hybridized carbons (Fsp3) is 0.364. The van der Waals surface area contributed by atoms with Crippen molar-refractivity contribution in [2.24, 2.45) is 0 Å². The van der Waals surface area contributed by atoms with Crippen molar-refractivity contribution in [1.82, 2.24) is 5.32 Å². The summed E-state index contributed by atoms with van der Waals surface area (Å²) in [5.74, 6) is -0.807. The smallest absolute Gasteiger partial charge is 0.338 e. The van der Waals surface area contributed by atoms with Crippen LogP contribution >= 0.6 is 0 Å². The second kappa shape index (κ2) is 10.5. The second-order valence-corrected chi connectivity index (χ2v) is 6.61. The zero-order valence-corrected chi connectivity index (χ0v) is 16.1. The van der Waals surface area contributed by atoms with E-state index in [-0.39, 0.29) is 11.9 Å². The van der Waals surface area contributed by atoms with E-state index in [2.05, 4.69) is 17.4 Å². The molecule has 0 unspecified atom stereocenters. The second-order valence-electron chi connectivity index (χ2n) is 6.61. The van der Waals surface area contributed by atoms with Crippen LogP contribution in [0.2, 0.25) is 0 Å². The van der Waals surface area contributed by atoms with Crippen molar-refractivity contribution in [3.8, 4) is 0 Å². The number of esters is 1. The SMILES string of the molecule is COCc1ccc(C(=O)O[C@@H](C)C(=O)N[C@@H](C)CCc2ccccc2)cc1. The summed E-state index contributed by atoms with van der Waals surface area (Å²) < 4.78 is 10.3. The fourth-order valence-corrected chi connectivity index (χ4v) is 2.65. The number of hydrogen-bond acceptors (Lipinski definition) is 4. The van der Waals surface area contributed by atoms with Gasteiger partial charge in [-0.3, -0.25) is 4.79 Å². The van der Waals surface area contributed by atoms with Gasteiger partial charge in [0.15, 0.2) is 6.10 Å². The van der Waals surface area contributed by atoms with Gasteiger partial charge in [0, 0.05) is 13.2 Å². The molecule has 1 amide bonds. The van der Waals surface area contributed by atoms with Gasteiger partial charge in [0.05, 0.1) is 12.2 Å². The lowest BCUT2D eigenvalue weighted by Gasteiger charge is -2.18. The molecule has 2 aromatic carbocycles. The van der Waals surface area contributed by atoms with Crippen LogP contribution in [0.1, 0.15) is 41.8 Å². The molecule has 27 heavy (non-hydrogen) atoms. The van der Waals surface area contributed by atoms with E-state index in [1.165, 1.54) is 5.56 Å². The average Bonchev–Trinajstić information content (AvgIpc) is 2.68. The first-order chi connectivity index (χ1) is 13.0. The quantitative estimate of drug-likeness (QED) is 0.687. The summed E-state index contributed by atoms with van der Waals surface area (Å²) in [4.78, 5) is 24.5. The zero-order valence-electron chi connectivity index (χ0n) is 16.1. The molecule has 0 heterocycles. The molecule has 1 N–H and O–H groups in total. The Labute approximate surface area is 160 Å². The van der Waals surface area contributed by atoms with Crippen molar-refractivity contribution in [1.29, 1.82) is 0 Å². The predicted molar refractivity (Wildman–Crippen MR) is 104 cm³/mol. The number of nitrogens with one attached hydrogen (secondary N) is 1. The lowest BCUT2D eigenvalue weighted by Crippen LogP contribution is -2.41. The van der Waals surface area contributed by atoms with Crippen LogP contribution in [0.4, 0.5) is 0 Å². The monoisotopic (exact) mass is 369 g/mol. The van der Waals surface area contributed by atoms with E-state index in [4.69, 9.17) is 9.47 Å². The van der Waals surface area contributed by atoms with Crippen LogP contribution in [-0.2, 0) is 27.3 Å². The standard InChI is InChI=1S/C22H27NO4/c1-16(9-10-18-7-5-4-6-8-18)23-21(24)17(2)27-22(25)20-13-11-19(12-14-20)15-26-3/h4-8,11-14,16-17H,9-10,15H2,1-3H3,(H,23,24)/t16-,17-/m0/s1. The van der Waals surface area contributed by atoms with E-state index < -0.39 is 12.1 Å². The van der Waals surface area contributed by atoms with Crippen LogP contribution in [0.5, 0.6) is 0 Å². The van der Waals surface area contributed by atoms with Gasteiger partial charge in [-0.15, -0.1) is 0 Å². The van der Waals surface area contributed by atoms with Crippen molar-refractivity contribution in [2.75, 3.05) is 7.11 Å². The maximum Gasteiger partial charge on any atom is 0.338 e. The first-order valence-electron chi connectivity index (χ1n) is 9.12. The number of methoxy groups -OCH3 is 1. The molecule has 0 aliphatic rings. The molecular formula is C22H27NO4. The van der Waals surface area contributed by atoms with Crippen LogP contribution < -0.4 is 5.32 Å². The van der Waals surface area contributed by atoms with Crippen LogP contribution in [0.3, 0.4) is 0 Å². The molecular weight excluding hydrogens is 342 g/mol. The lowest BCUT2D eigenvalue weighted by molar-refractivity contribution is -0.129. The highest BCUT2D eigenvalue weighted by Gasteiger charge is 2.20. The Hall–Kier alpha value is -2.66. The Kier molecular flexibility index (Phi) is 8.01. The van der Waals surface area contributed by atoms with Gasteiger partial charge in [-0.2, -0.15) is 0 Å². The first-order valence-corrected chi connectivity index (χ1v) is 9.12. The number of hydrogen-bond donors (Lipinski definition) is 1. The van der Waals surface area contributed by atoms with Gasteiger partial charge in [0.25, 0.3) is 5.91 Å². The molecule has 0 aliphatic carbocycles. The number of carbonyl (C=O) groups excluding carboxylic acids is 2. The molecule has 5 nitrogen and oxygen atoms in total. The van der Waals surface area contributed by atoms with E-state index in [1.807, 2.05) is 25.1 Å². The highest BCUT2D eigenvalue weighted by Crippen LogP contribution is 2.09. The van der Waals surface area contributed by atoms with E-state index in [1.54, 1.807) is 38.3 Å². The van der Waals surface area contributed by atoms with Crippen molar-refractivity contribution in [3.05, 3.63) is 71.3 Å². The van der Waals surface area contributed by atoms with Gasteiger partial charge >= 0.3 is 5.97 Å². The molecule has 0 radical (unpaired) electrons. The van der Waals surface area contributed by atoms with Crippen molar-refractivity contribution in [2.45, 2.75) is 45.4 Å². The molecule has 0 aromatic heterocycles. The summed E-state index contributed by atoms with van der Waals surface area (Å²) >= 11 is 0. The third kappa shape index (κ3) is 6.87. The fourth-order valence-electron chi connectivity index (χ4n) is 2.65. The molecule has 2 aromatic rings. The van der Waals surface area contributed by atoms with E-state index >= 15 is 0 Å². The summed E-state index contributed by atoms with van der Waals surface area (Å²) in [6.07, 6.45) is 0.845. The van der Waals surface area contributed by atoms with E-state index in [0.29, 0.717) is 12.2 Å². The number of amides is 1. The van der Waals surface area contributed by atoms with E-state index in [9.17, 15) is 9.59 Å². The van der Waals surface area contributed by atoms with Crippen LogP contribution in [0, 0.1) is 0 Å². The van der Waals surface area contributed by atoms with Crippen molar-refractivity contribution >= 4 is 11.9 Å². The average molecular weight is 369 g/mol. The zero-order chi connectivity index (χ0) is 19.6. The minimum Gasteiger partial charge on any atom is -0.449 e. The summed E-state index contributed by atoms with van der Waals surface area (Å²) in [6, 6.07) is 17.1. The topological polar surface area (TPSA) is 64.6 Å². The highest BCUT2D eigenvalue weighted by molar-refractivity contribution is 5.92. The molecule has 0 saturated carbocycles. The Morgan fingerprint density at radius 1 is 0.963 bits per heavy atom. The predicted octanol–water partition coefficient (Wildman–Crippen LogP) is 3.52. The minimum absolute atomic E-state index is 0.00724. The number of carbonyl (C=O) groups is 2. The summed E-state index contributed by atoms with van der Waals surface area (Å²) in [6.45, 7) is 4.01. The highest BCUT2D eigenvalue weighted by atomic mass is 16.5. The third-order valence-corrected chi connectivity index (χ3v) is 4.25. The first kappa shape index (κ1) is 20.6. The lowest BCUT2D eigenvalue weighted by atomic mass is 10.1. The molecule has 0 spiro atoms. The summed E-state index contributed by atoms with van der Waals surface area (Å²) in [7, 11) is 1.61. The number of rotatable bonds is 9. The van der Waals surface area contributed by atoms with Gasteiger partial charge < -0.3 is 14.8 Å². The Morgan fingerprint density at radius 3 is 2.26 bits per heavy atom. The Bertz CT molecular complexity index is 728. The maximum atomic E-state index is 12.3. The Balaban J connectivity index is 1.79. The minimum atomic E-state index is -0.852. The van der Waals surface area contributed by atoms with Crippen LogP contribution in [-0.4, -0.2) is 31.1 Å². The molecule has 144 valence electrons. The third-order valence-electron chi connectivity index (χ3n) is 4.25. The van der Waals surface area contributed by atoms with Gasteiger partial charge in [0.1, 0.15) is 0 Å². The van der Waals surface area contributed by atoms with E-state index in [0.717, 1.165) is 18.4 Å². The van der Waals surface area contributed by atoms with Crippen molar-refractivity contribution < 1.29 is 19.1 Å². The van der Waals surface area contributed by atoms with Crippen molar-refractivity contribution in [3.63, 3.8) is 0 Å². The molecule has 0 bridgehead atoms. The normalized spacial score (nSPS) is 12.9. The van der Waals surface area contributed by atoms with Gasteiger partial charge in [-0.1, -0.05) is 42.5 Å². The summed E-state index contributed by atoms with van der Waals surface area (Å²) in [5, 5.41) is 2.90. The van der Waals surface area contributed by atoms with Crippen LogP contribution in [0.15, 0.2) is 54.6 Å². The number of aryl methyl sites for hydroxylation is 1. The number of benzene rings is 2. The molecule has 0 fully saturated rings. The summed E-state index contributed by atoms with van der Waals surface area (Å²) in [5.41, 5.74) is 2.61. The van der Waals surface area contributed by atoms with Gasteiger partial charge in [-0.25, -0.2) is 4.79 Å². The maximum absolute atomic E-state index is 12.3. The van der Waals surface area contributed by atoms with Gasteiger partial charge in [-0.05, 0) is 49.9 Å². The molecule has 5 heteroatoms.